The van der Waals surface area contributed by atoms with Crippen molar-refractivity contribution >= 4 is 0 Å². The van der Waals surface area contributed by atoms with Crippen LogP contribution in [0.1, 0.15) is 118 Å². The van der Waals surface area contributed by atoms with Gasteiger partial charge in [0.15, 0.2) is 0 Å². The highest BCUT2D eigenvalue weighted by molar-refractivity contribution is 4.79. The summed E-state index contributed by atoms with van der Waals surface area (Å²) in [6.45, 7) is 9.67. The third-order valence-corrected chi connectivity index (χ3v) is 6.27. The summed E-state index contributed by atoms with van der Waals surface area (Å²) in [5, 5.41) is 0. The van der Waals surface area contributed by atoms with Gasteiger partial charge in [0.25, 0.3) is 0 Å². The molecule has 0 radical (unpaired) electrons. The molecule has 0 aromatic rings. The van der Waals surface area contributed by atoms with Crippen molar-refractivity contribution in [2.75, 3.05) is 0 Å². The van der Waals surface area contributed by atoms with Crippen LogP contribution in [0.3, 0.4) is 0 Å². The van der Waals surface area contributed by atoms with Crippen molar-refractivity contribution in [1.29, 1.82) is 0 Å². The Morgan fingerprint density at radius 1 is 0.773 bits per heavy atom. The van der Waals surface area contributed by atoms with Gasteiger partial charge in [0.2, 0.25) is 0 Å². The molecular weight excluding hydrogens is 264 g/mol. The van der Waals surface area contributed by atoms with Crippen LogP contribution in [0, 0.1) is 23.7 Å². The molecule has 1 aliphatic carbocycles. The van der Waals surface area contributed by atoms with Gasteiger partial charge in [-0.2, -0.15) is 0 Å². The molecule has 0 nitrogen and oxygen atoms in total. The Hall–Kier alpha value is 0. The van der Waals surface area contributed by atoms with Gasteiger partial charge in [0.05, 0.1) is 0 Å². The van der Waals surface area contributed by atoms with E-state index in [2.05, 4.69) is 27.7 Å². The molecule has 0 heterocycles. The van der Waals surface area contributed by atoms with Crippen LogP contribution in [0.2, 0.25) is 0 Å². The van der Waals surface area contributed by atoms with E-state index in [4.69, 9.17) is 0 Å². The van der Waals surface area contributed by atoms with Crippen molar-refractivity contribution in [2.24, 2.45) is 23.7 Å². The molecule has 3 unspecified atom stereocenters. The number of unbranched alkanes of at least 4 members (excludes halogenated alkanes) is 9. The molecule has 1 saturated carbocycles. The first kappa shape index (κ1) is 20.0. The van der Waals surface area contributed by atoms with Crippen LogP contribution in [-0.2, 0) is 0 Å². The molecular formula is C22H44. The maximum Gasteiger partial charge on any atom is -0.0386 e. The maximum absolute atomic E-state index is 2.51. The van der Waals surface area contributed by atoms with Gasteiger partial charge in [-0.3, -0.25) is 0 Å². The lowest BCUT2D eigenvalue weighted by Gasteiger charge is -2.36. The SMILES string of the molecule is CCCCCCCCCCCCC1CC(C(C)C)CCC1C. The second kappa shape index (κ2) is 12.4. The Morgan fingerprint density at radius 3 is 1.86 bits per heavy atom. The Kier molecular flexibility index (Phi) is 11.3. The molecule has 3 atom stereocenters. The van der Waals surface area contributed by atoms with Gasteiger partial charge in [-0.1, -0.05) is 105 Å². The second-order valence-electron chi connectivity index (χ2n) is 8.53. The van der Waals surface area contributed by atoms with Gasteiger partial charge in [-0.05, 0) is 36.5 Å². The van der Waals surface area contributed by atoms with Crippen LogP contribution in [0.5, 0.6) is 0 Å². The molecule has 1 fully saturated rings. The highest BCUT2D eigenvalue weighted by atomic mass is 14.3. The predicted octanol–water partition coefficient (Wildman–Crippen LogP) is 8.01. The van der Waals surface area contributed by atoms with Gasteiger partial charge in [-0.15, -0.1) is 0 Å². The Morgan fingerprint density at radius 2 is 1.32 bits per heavy atom. The van der Waals surface area contributed by atoms with E-state index in [1.165, 1.54) is 89.9 Å². The molecule has 1 aliphatic rings. The molecule has 0 amide bonds. The summed E-state index contributed by atoms with van der Waals surface area (Å²) in [6.07, 6.45) is 20.7. The largest absolute Gasteiger partial charge is 0.0654 e. The van der Waals surface area contributed by atoms with Crippen LogP contribution < -0.4 is 0 Å². The van der Waals surface area contributed by atoms with E-state index in [-0.39, 0.29) is 0 Å². The van der Waals surface area contributed by atoms with Crippen molar-refractivity contribution in [3.8, 4) is 0 Å². The van der Waals surface area contributed by atoms with Gasteiger partial charge in [0, 0.05) is 0 Å². The highest BCUT2D eigenvalue weighted by Gasteiger charge is 2.28. The summed E-state index contributed by atoms with van der Waals surface area (Å²) in [6, 6.07) is 0. The third kappa shape index (κ3) is 8.59. The number of rotatable bonds is 12. The lowest BCUT2D eigenvalue weighted by Crippen LogP contribution is -2.25. The average molecular weight is 309 g/mol. The molecule has 0 saturated heterocycles. The normalized spacial score (nSPS) is 25.8. The van der Waals surface area contributed by atoms with E-state index in [1.54, 1.807) is 0 Å². The first-order chi connectivity index (χ1) is 10.6. The van der Waals surface area contributed by atoms with E-state index in [0.717, 1.165) is 23.7 Å². The molecule has 0 aliphatic heterocycles. The van der Waals surface area contributed by atoms with Crippen molar-refractivity contribution in [2.45, 2.75) is 118 Å². The zero-order valence-electron chi connectivity index (χ0n) is 16.2. The maximum atomic E-state index is 2.51. The lowest BCUT2D eigenvalue weighted by atomic mass is 9.70. The molecule has 0 aromatic carbocycles. The summed E-state index contributed by atoms with van der Waals surface area (Å²) >= 11 is 0. The molecule has 0 N–H and O–H groups in total. The number of hydrogen-bond donors (Lipinski definition) is 0. The fourth-order valence-corrected chi connectivity index (χ4v) is 4.35. The summed E-state index contributed by atoms with van der Waals surface area (Å²) in [4.78, 5) is 0. The molecule has 0 heteroatoms. The standard InChI is InChI=1S/C22H44/c1-5-6-7-8-9-10-11-12-13-14-15-22-18-21(19(2)3)17-16-20(22)4/h19-22H,5-18H2,1-4H3. The van der Waals surface area contributed by atoms with Crippen molar-refractivity contribution in [1.82, 2.24) is 0 Å². The summed E-state index contributed by atoms with van der Waals surface area (Å²) in [7, 11) is 0. The molecule has 0 aromatic heterocycles. The predicted molar refractivity (Wildman–Crippen MR) is 101 cm³/mol. The van der Waals surface area contributed by atoms with E-state index in [0.29, 0.717) is 0 Å². The Balaban J connectivity index is 1.97. The van der Waals surface area contributed by atoms with Crippen LogP contribution in [0.4, 0.5) is 0 Å². The van der Waals surface area contributed by atoms with Crippen LogP contribution >= 0.6 is 0 Å². The lowest BCUT2D eigenvalue weighted by molar-refractivity contribution is 0.148. The zero-order valence-corrected chi connectivity index (χ0v) is 16.2. The fourth-order valence-electron chi connectivity index (χ4n) is 4.35. The minimum atomic E-state index is 0.905. The second-order valence-corrected chi connectivity index (χ2v) is 8.53. The Bertz CT molecular complexity index is 242. The number of hydrogen-bond acceptors (Lipinski definition) is 0. The molecule has 0 spiro atoms. The van der Waals surface area contributed by atoms with Gasteiger partial charge in [0.1, 0.15) is 0 Å². The monoisotopic (exact) mass is 308 g/mol. The van der Waals surface area contributed by atoms with E-state index >= 15 is 0 Å². The molecule has 1 rings (SSSR count). The zero-order chi connectivity index (χ0) is 16.2. The van der Waals surface area contributed by atoms with Gasteiger partial charge < -0.3 is 0 Å². The first-order valence-electron chi connectivity index (χ1n) is 10.6. The van der Waals surface area contributed by atoms with Crippen molar-refractivity contribution < 1.29 is 0 Å². The van der Waals surface area contributed by atoms with Crippen LogP contribution in [0.15, 0.2) is 0 Å². The summed E-state index contributed by atoms with van der Waals surface area (Å²) in [5.41, 5.74) is 0. The van der Waals surface area contributed by atoms with E-state index in [1.807, 2.05) is 0 Å². The summed E-state index contributed by atoms with van der Waals surface area (Å²) < 4.78 is 0. The van der Waals surface area contributed by atoms with Crippen LogP contribution in [0.25, 0.3) is 0 Å². The third-order valence-electron chi connectivity index (χ3n) is 6.27. The smallest absolute Gasteiger partial charge is 0.0386 e. The highest BCUT2D eigenvalue weighted by Crippen LogP contribution is 2.39. The summed E-state index contributed by atoms with van der Waals surface area (Å²) in [5.74, 6) is 3.95. The molecule has 22 heavy (non-hydrogen) atoms. The minimum Gasteiger partial charge on any atom is -0.0654 e. The topological polar surface area (TPSA) is 0 Å². The first-order valence-corrected chi connectivity index (χ1v) is 10.6. The van der Waals surface area contributed by atoms with Crippen LogP contribution in [-0.4, -0.2) is 0 Å². The van der Waals surface area contributed by atoms with Gasteiger partial charge >= 0.3 is 0 Å². The van der Waals surface area contributed by atoms with E-state index < -0.39 is 0 Å². The average Bonchev–Trinajstić information content (AvgIpc) is 2.50. The van der Waals surface area contributed by atoms with Crippen molar-refractivity contribution in [3.05, 3.63) is 0 Å². The fraction of sp³-hybridized carbons (Fsp3) is 1.00. The molecule has 132 valence electrons. The van der Waals surface area contributed by atoms with Crippen molar-refractivity contribution in [3.63, 3.8) is 0 Å². The van der Waals surface area contributed by atoms with Gasteiger partial charge in [-0.25, -0.2) is 0 Å². The quantitative estimate of drug-likeness (QED) is 0.320. The Labute approximate surface area is 141 Å². The molecule has 0 bridgehead atoms. The van der Waals surface area contributed by atoms with E-state index in [9.17, 15) is 0 Å². The minimum absolute atomic E-state index is 0.905.